The van der Waals surface area contributed by atoms with Crippen molar-refractivity contribution < 1.29 is 0 Å². The van der Waals surface area contributed by atoms with Crippen molar-refractivity contribution in [3.8, 4) is 0 Å². The van der Waals surface area contributed by atoms with Crippen LogP contribution in [-0.4, -0.2) is 9.38 Å². The molecule has 142 valence electrons. The van der Waals surface area contributed by atoms with Crippen molar-refractivity contribution in [2.24, 2.45) is 0 Å². The van der Waals surface area contributed by atoms with Crippen molar-refractivity contribution in [3.05, 3.63) is 97.2 Å². The van der Waals surface area contributed by atoms with Gasteiger partial charge in [-0.25, -0.2) is 0 Å². The van der Waals surface area contributed by atoms with E-state index < -0.39 is 0 Å². The molecule has 2 heteroatoms. The molecule has 5 aromatic carbocycles. The van der Waals surface area contributed by atoms with Crippen LogP contribution in [0.3, 0.4) is 0 Å². The zero-order valence-electron chi connectivity index (χ0n) is 16.6. The number of hydrogen-bond acceptors (Lipinski definition) is 1. The highest BCUT2D eigenvalue weighted by atomic mass is 14.9. The Kier molecular flexibility index (Phi) is 2.67. The molecule has 8 rings (SSSR count). The van der Waals surface area contributed by atoms with Crippen LogP contribution in [0.15, 0.2) is 97.2 Å². The van der Waals surface area contributed by atoms with Crippen LogP contribution in [0.5, 0.6) is 0 Å². The van der Waals surface area contributed by atoms with Gasteiger partial charge in [-0.05, 0) is 51.2 Å². The lowest BCUT2D eigenvalue weighted by molar-refractivity contribution is 1.34. The first-order chi connectivity index (χ1) is 15.4. The van der Waals surface area contributed by atoms with Gasteiger partial charge < -0.3 is 4.40 Å². The third-order valence-electron chi connectivity index (χ3n) is 6.91. The van der Waals surface area contributed by atoms with Crippen LogP contribution >= 0.6 is 0 Å². The summed E-state index contributed by atoms with van der Waals surface area (Å²) in [6, 6.07) is 33.0. The number of nitrogens with zero attached hydrogens (tertiary/aromatic N) is 2. The van der Waals surface area contributed by atoms with E-state index in [4.69, 9.17) is 4.98 Å². The van der Waals surface area contributed by atoms with Gasteiger partial charge in [0.1, 0.15) is 0 Å². The lowest BCUT2D eigenvalue weighted by atomic mass is 9.95. The van der Waals surface area contributed by atoms with Crippen molar-refractivity contribution >= 4 is 70.5 Å². The van der Waals surface area contributed by atoms with E-state index in [0.29, 0.717) is 0 Å². The minimum absolute atomic E-state index is 1.09. The van der Waals surface area contributed by atoms with Gasteiger partial charge in [0.05, 0.1) is 22.1 Å². The van der Waals surface area contributed by atoms with Crippen molar-refractivity contribution in [1.82, 2.24) is 9.38 Å². The van der Waals surface area contributed by atoms with Crippen molar-refractivity contribution in [2.45, 2.75) is 0 Å². The van der Waals surface area contributed by atoms with E-state index in [0.717, 1.165) is 5.52 Å². The summed E-state index contributed by atoms with van der Waals surface area (Å²) >= 11 is 0. The Morgan fingerprint density at radius 3 is 2.06 bits per heavy atom. The third-order valence-corrected chi connectivity index (χ3v) is 6.91. The summed E-state index contributed by atoms with van der Waals surface area (Å²) in [5.41, 5.74) is 4.83. The minimum atomic E-state index is 1.09. The maximum absolute atomic E-state index is 4.93. The van der Waals surface area contributed by atoms with Crippen LogP contribution in [0.4, 0.5) is 0 Å². The number of fused-ring (bicyclic) bond motifs is 10. The van der Waals surface area contributed by atoms with Gasteiger partial charge in [-0.15, -0.1) is 0 Å². The molecule has 0 unspecified atom stereocenters. The molecule has 3 heterocycles. The Labute approximate surface area is 177 Å². The van der Waals surface area contributed by atoms with Crippen molar-refractivity contribution in [2.75, 3.05) is 0 Å². The van der Waals surface area contributed by atoms with Gasteiger partial charge in [0.2, 0.25) is 0 Å². The van der Waals surface area contributed by atoms with E-state index in [1.54, 1.807) is 0 Å². The summed E-state index contributed by atoms with van der Waals surface area (Å²) in [7, 11) is 0. The molecule has 3 aromatic heterocycles. The first-order valence-corrected chi connectivity index (χ1v) is 10.7. The van der Waals surface area contributed by atoms with Crippen molar-refractivity contribution in [1.29, 1.82) is 0 Å². The van der Waals surface area contributed by atoms with Gasteiger partial charge in [0, 0.05) is 27.7 Å². The van der Waals surface area contributed by atoms with E-state index in [1.807, 2.05) is 6.20 Å². The number of para-hydroxylation sites is 1. The summed E-state index contributed by atoms with van der Waals surface area (Å²) in [5, 5.41) is 11.5. The van der Waals surface area contributed by atoms with Crippen LogP contribution in [0, 0.1) is 0 Å². The molecular weight excluding hydrogens is 376 g/mol. The molecule has 0 aliphatic heterocycles. The fraction of sp³-hybridized carbons (Fsp3) is 0. The average molecular weight is 392 g/mol. The molecule has 0 radical (unpaired) electrons. The van der Waals surface area contributed by atoms with E-state index in [-0.39, 0.29) is 0 Å². The number of pyridine rings is 2. The van der Waals surface area contributed by atoms with E-state index in [1.165, 1.54) is 65.0 Å². The summed E-state index contributed by atoms with van der Waals surface area (Å²) in [6.07, 6.45) is 1.97. The summed E-state index contributed by atoms with van der Waals surface area (Å²) in [6.45, 7) is 0. The summed E-state index contributed by atoms with van der Waals surface area (Å²) in [5.74, 6) is 0. The normalized spacial score (nSPS) is 12.5. The largest absolute Gasteiger partial charge is 0.308 e. The predicted octanol–water partition coefficient (Wildman–Crippen LogP) is 7.69. The van der Waals surface area contributed by atoms with E-state index in [2.05, 4.69) is 95.4 Å². The van der Waals surface area contributed by atoms with Crippen LogP contribution in [0.1, 0.15) is 0 Å². The van der Waals surface area contributed by atoms with Crippen LogP contribution < -0.4 is 0 Å². The highest BCUT2D eigenvalue weighted by Gasteiger charge is 2.21. The van der Waals surface area contributed by atoms with Crippen LogP contribution in [0.25, 0.3) is 70.5 Å². The maximum atomic E-state index is 4.93. The standard InChI is InChI=1S/C29H16N2/c1-2-8-18-16-25-23(15-17(18)7-1)28-27-21(13-14-30-28)19-9-3-4-10-20(19)26-22-11-5-6-12-24(22)31(25)29(26)27/h1-16H. The maximum Gasteiger partial charge on any atom is 0.0823 e. The number of benzene rings is 5. The third kappa shape index (κ3) is 1.78. The topological polar surface area (TPSA) is 17.3 Å². The molecular formula is C29H16N2. The fourth-order valence-corrected chi connectivity index (χ4v) is 5.67. The first-order valence-electron chi connectivity index (χ1n) is 10.7. The Morgan fingerprint density at radius 1 is 0.516 bits per heavy atom. The molecule has 8 aromatic rings. The number of hydrogen-bond donors (Lipinski definition) is 0. The lowest BCUT2D eigenvalue weighted by Gasteiger charge is -2.15. The Morgan fingerprint density at radius 2 is 1.19 bits per heavy atom. The molecule has 31 heavy (non-hydrogen) atoms. The van der Waals surface area contributed by atoms with E-state index in [9.17, 15) is 0 Å². The quantitative estimate of drug-likeness (QED) is 0.191. The van der Waals surface area contributed by atoms with Gasteiger partial charge in [-0.3, -0.25) is 4.98 Å². The second kappa shape index (κ2) is 5.30. The summed E-state index contributed by atoms with van der Waals surface area (Å²) < 4.78 is 2.47. The van der Waals surface area contributed by atoms with Gasteiger partial charge in [-0.1, -0.05) is 66.7 Å². The number of aromatic nitrogens is 2. The highest BCUT2D eigenvalue weighted by molar-refractivity contribution is 6.37. The molecule has 0 fully saturated rings. The van der Waals surface area contributed by atoms with Gasteiger partial charge in [-0.2, -0.15) is 0 Å². The molecule has 0 amide bonds. The Bertz CT molecular complexity index is 1990. The van der Waals surface area contributed by atoms with Gasteiger partial charge in [0.15, 0.2) is 0 Å². The monoisotopic (exact) mass is 392 g/mol. The van der Waals surface area contributed by atoms with Crippen LogP contribution in [0.2, 0.25) is 0 Å². The zero-order valence-corrected chi connectivity index (χ0v) is 16.6. The van der Waals surface area contributed by atoms with Gasteiger partial charge >= 0.3 is 0 Å². The van der Waals surface area contributed by atoms with Crippen LogP contribution in [-0.2, 0) is 0 Å². The van der Waals surface area contributed by atoms with Crippen molar-refractivity contribution in [3.63, 3.8) is 0 Å². The SMILES string of the molecule is c1ccc2cc3c(cc2c1)c1nccc2c4ccccc4c4c5ccccc5n3c4c21. The Hall–Kier alpha value is -4.17. The molecule has 0 saturated carbocycles. The molecule has 0 aliphatic carbocycles. The predicted molar refractivity (Wildman–Crippen MR) is 131 cm³/mol. The second-order valence-electron chi connectivity index (χ2n) is 8.42. The first kappa shape index (κ1) is 15.6. The lowest BCUT2D eigenvalue weighted by Crippen LogP contribution is -1.95. The number of rotatable bonds is 0. The zero-order chi connectivity index (χ0) is 20.1. The molecule has 0 bridgehead atoms. The average Bonchev–Trinajstić information content (AvgIpc) is 3.19. The molecule has 0 atom stereocenters. The molecule has 0 spiro atoms. The minimum Gasteiger partial charge on any atom is -0.308 e. The summed E-state index contributed by atoms with van der Waals surface area (Å²) in [4.78, 5) is 4.93. The van der Waals surface area contributed by atoms with E-state index >= 15 is 0 Å². The Balaban J connectivity index is 1.87. The highest BCUT2D eigenvalue weighted by Crippen LogP contribution is 2.45. The van der Waals surface area contributed by atoms with Gasteiger partial charge in [0.25, 0.3) is 0 Å². The fourth-order valence-electron chi connectivity index (χ4n) is 5.67. The molecule has 0 N–H and O–H groups in total. The smallest absolute Gasteiger partial charge is 0.0823 e. The molecule has 2 nitrogen and oxygen atoms in total. The molecule has 0 saturated heterocycles. The molecule has 0 aliphatic rings. The second-order valence-corrected chi connectivity index (χ2v) is 8.42.